The van der Waals surface area contributed by atoms with E-state index in [1.165, 1.54) is 11.3 Å². The molecule has 0 saturated heterocycles. The minimum absolute atomic E-state index is 0.162. The van der Waals surface area contributed by atoms with Crippen LogP contribution in [-0.2, 0) is 4.79 Å². The van der Waals surface area contributed by atoms with Crippen molar-refractivity contribution in [3.05, 3.63) is 36.4 Å². The summed E-state index contributed by atoms with van der Waals surface area (Å²) in [5.74, 6) is 2.44. The number of hydrogen-bond donors (Lipinski definition) is 0. The smallest absolute Gasteiger partial charge is 0.273 e. The first kappa shape index (κ1) is 19.9. The van der Waals surface area contributed by atoms with Crippen molar-refractivity contribution < 1.29 is 23.7 Å². The summed E-state index contributed by atoms with van der Waals surface area (Å²) in [5.41, 5.74) is 0.776. The second-order valence-corrected chi connectivity index (χ2v) is 8.63. The number of amides is 1. The van der Waals surface area contributed by atoms with E-state index in [2.05, 4.69) is 0 Å². The molecule has 0 bridgehead atoms. The number of aromatic nitrogens is 1. The number of thiazole rings is 1. The highest BCUT2D eigenvalue weighted by Gasteiger charge is 2.33. The van der Waals surface area contributed by atoms with Crippen molar-refractivity contribution in [1.29, 1.82) is 0 Å². The SMILES string of the molecule is CN(C)CCN(C(=O)[C@@H]1COc2ccccc2O1)c1nc2cc3c(cc2s1)OCCO3. The van der Waals surface area contributed by atoms with Gasteiger partial charge in [-0.2, -0.15) is 0 Å². The third-order valence-electron chi connectivity index (χ3n) is 5.09. The van der Waals surface area contributed by atoms with E-state index in [0.717, 1.165) is 10.2 Å². The normalized spacial score (nSPS) is 17.1. The molecule has 8 nitrogen and oxygen atoms in total. The van der Waals surface area contributed by atoms with Gasteiger partial charge in [0.05, 0.1) is 10.2 Å². The summed E-state index contributed by atoms with van der Waals surface area (Å²) in [6, 6.07) is 11.2. The maximum absolute atomic E-state index is 13.5. The van der Waals surface area contributed by atoms with Gasteiger partial charge in [-0.3, -0.25) is 9.69 Å². The number of rotatable bonds is 5. The van der Waals surface area contributed by atoms with Crippen molar-refractivity contribution in [3.63, 3.8) is 0 Å². The predicted octanol–water partition coefficient (Wildman–Crippen LogP) is 2.80. The molecule has 9 heteroatoms. The Labute approximate surface area is 183 Å². The molecule has 5 rings (SSSR count). The van der Waals surface area contributed by atoms with Crippen LogP contribution in [0.4, 0.5) is 5.13 Å². The van der Waals surface area contributed by atoms with E-state index < -0.39 is 6.10 Å². The molecule has 0 unspecified atom stereocenters. The zero-order valence-corrected chi connectivity index (χ0v) is 18.2. The van der Waals surface area contributed by atoms with E-state index >= 15 is 0 Å². The molecule has 3 aromatic rings. The number of benzene rings is 2. The molecule has 3 heterocycles. The number of hydrogen-bond acceptors (Lipinski definition) is 8. The van der Waals surface area contributed by atoms with Crippen molar-refractivity contribution in [2.45, 2.75) is 6.10 Å². The van der Waals surface area contributed by atoms with E-state index in [4.69, 9.17) is 23.9 Å². The fourth-order valence-corrected chi connectivity index (χ4v) is 4.49. The topological polar surface area (TPSA) is 73.4 Å². The summed E-state index contributed by atoms with van der Waals surface area (Å²) in [6.45, 7) is 2.38. The van der Waals surface area contributed by atoms with Crippen molar-refractivity contribution in [1.82, 2.24) is 9.88 Å². The Balaban J connectivity index is 1.45. The van der Waals surface area contributed by atoms with Crippen LogP contribution >= 0.6 is 11.3 Å². The number of ether oxygens (including phenoxy) is 4. The summed E-state index contributed by atoms with van der Waals surface area (Å²) >= 11 is 1.45. The summed E-state index contributed by atoms with van der Waals surface area (Å²) in [5, 5.41) is 0.617. The van der Waals surface area contributed by atoms with Crippen molar-refractivity contribution >= 4 is 32.6 Å². The first-order valence-electron chi connectivity index (χ1n) is 10.1. The standard InChI is InChI=1S/C22H23N3O5S/c1-24(2)7-8-25(21(26)19-13-29-15-5-3-4-6-16(15)30-19)22-23-14-11-17-18(12-20(14)31-22)28-10-9-27-17/h3-6,11-12,19H,7-10,13H2,1-2H3/t19-/m0/s1. The Morgan fingerprint density at radius 1 is 1.03 bits per heavy atom. The Kier molecular flexibility index (Phi) is 5.29. The van der Waals surface area contributed by atoms with Crippen LogP contribution < -0.4 is 23.8 Å². The van der Waals surface area contributed by atoms with Gasteiger partial charge in [-0.25, -0.2) is 4.98 Å². The van der Waals surface area contributed by atoms with Crippen molar-refractivity contribution in [2.75, 3.05) is 51.9 Å². The summed E-state index contributed by atoms with van der Waals surface area (Å²) in [6.07, 6.45) is -0.732. The van der Waals surface area contributed by atoms with Gasteiger partial charge < -0.3 is 23.8 Å². The van der Waals surface area contributed by atoms with E-state index in [9.17, 15) is 4.79 Å². The molecule has 162 valence electrons. The molecule has 0 saturated carbocycles. The van der Waals surface area contributed by atoms with Crippen molar-refractivity contribution in [3.8, 4) is 23.0 Å². The minimum atomic E-state index is -0.732. The highest BCUT2D eigenvalue weighted by molar-refractivity contribution is 7.22. The lowest BCUT2D eigenvalue weighted by Gasteiger charge is -2.30. The fraction of sp³-hybridized carbons (Fsp3) is 0.364. The van der Waals surface area contributed by atoms with Crippen LogP contribution in [0.5, 0.6) is 23.0 Å². The Hall–Kier alpha value is -3.04. The molecule has 0 aliphatic carbocycles. The van der Waals surface area contributed by atoms with Crippen LogP contribution in [-0.4, -0.2) is 68.9 Å². The van der Waals surface area contributed by atoms with Gasteiger partial charge in [0.15, 0.2) is 28.1 Å². The first-order chi connectivity index (χ1) is 15.1. The van der Waals surface area contributed by atoms with Gasteiger partial charge in [-0.1, -0.05) is 23.5 Å². The number of nitrogens with zero attached hydrogens (tertiary/aromatic N) is 3. The lowest BCUT2D eigenvalue weighted by molar-refractivity contribution is -0.127. The van der Waals surface area contributed by atoms with Gasteiger partial charge >= 0.3 is 0 Å². The van der Waals surface area contributed by atoms with Crippen LogP contribution in [0.2, 0.25) is 0 Å². The third-order valence-corrected chi connectivity index (χ3v) is 6.13. The quantitative estimate of drug-likeness (QED) is 0.603. The molecular weight excluding hydrogens is 418 g/mol. The lowest BCUT2D eigenvalue weighted by atomic mass is 10.2. The number of likely N-dealkylation sites (N-methyl/N-ethyl adjacent to an activating group) is 1. The maximum atomic E-state index is 13.5. The Bertz CT molecular complexity index is 1070. The molecule has 0 fully saturated rings. The molecule has 0 radical (unpaired) electrons. The van der Waals surface area contributed by atoms with E-state index in [1.807, 2.05) is 49.3 Å². The number of carbonyl (C=O) groups excluding carboxylic acids is 1. The van der Waals surface area contributed by atoms with Crippen molar-refractivity contribution in [2.24, 2.45) is 0 Å². The van der Waals surface area contributed by atoms with Crippen LogP contribution in [0, 0.1) is 0 Å². The Morgan fingerprint density at radius 2 is 1.77 bits per heavy atom. The minimum Gasteiger partial charge on any atom is -0.486 e. The number of carbonyl (C=O) groups is 1. The number of anilines is 1. The number of para-hydroxylation sites is 2. The van der Waals surface area contributed by atoms with Gasteiger partial charge in [0.25, 0.3) is 5.91 Å². The van der Waals surface area contributed by atoms with E-state index in [-0.39, 0.29) is 12.5 Å². The average Bonchev–Trinajstić information content (AvgIpc) is 3.19. The molecule has 2 aliphatic rings. The summed E-state index contributed by atoms with van der Waals surface area (Å²) in [4.78, 5) is 21.9. The third kappa shape index (κ3) is 3.98. The second-order valence-electron chi connectivity index (χ2n) is 7.62. The molecule has 0 N–H and O–H groups in total. The molecule has 1 amide bonds. The predicted molar refractivity (Wildman–Crippen MR) is 118 cm³/mol. The molecule has 2 aromatic carbocycles. The highest BCUT2D eigenvalue weighted by atomic mass is 32.1. The molecule has 31 heavy (non-hydrogen) atoms. The second kappa shape index (κ2) is 8.24. The summed E-state index contributed by atoms with van der Waals surface area (Å²) < 4.78 is 24.0. The van der Waals surface area contributed by atoms with Crippen LogP contribution in [0.3, 0.4) is 0 Å². The average molecular weight is 442 g/mol. The zero-order chi connectivity index (χ0) is 21.4. The molecule has 2 aliphatic heterocycles. The van der Waals surface area contributed by atoms with Gasteiger partial charge in [-0.15, -0.1) is 0 Å². The molecule has 1 aromatic heterocycles. The van der Waals surface area contributed by atoms with Crippen LogP contribution in [0.1, 0.15) is 0 Å². The molecular formula is C22H23N3O5S. The number of fused-ring (bicyclic) bond motifs is 3. The molecule has 0 spiro atoms. The van der Waals surface area contributed by atoms with Crippen LogP contribution in [0.15, 0.2) is 36.4 Å². The maximum Gasteiger partial charge on any atom is 0.273 e. The Morgan fingerprint density at radius 3 is 2.55 bits per heavy atom. The molecule has 1 atom stereocenters. The zero-order valence-electron chi connectivity index (χ0n) is 17.4. The van der Waals surface area contributed by atoms with E-state index in [1.54, 1.807) is 11.0 Å². The highest BCUT2D eigenvalue weighted by Crippen LogP contribution is 2.39. The summed E-state index contributed by atoms with van der Waals surface area (Å²) in [7, 11) is 3.94. The fourth-order valence-electron chi connectivity index (χ4n) is 3.48. The van der Waals surface area contributed by atoms with E-state index in [0.29, 0.717) is 54.4 Å². The van der Waals surface area contributed by atoms with Crippen LogP contribution in [0.25, 0.3) is 10.2 Å². The van der Waals surface area contributed by atoms with Gasteiger partial charge in [0.2, 0.25) is 6.10 Å². The van der Waals surface area contributed by atoms with Gasteiger partial charge in [0, 0.05) is 25.2 Å². The monoisotopic (exact) mass is 441 g/mol. The largest absolute Gasteiger partial charge is 0.486 e. The van der Waals surface area contributed by atoms with Gasteiger partial charge in [0.1, 0.15) is 19.8 Å². The first-order valence-corrected chi connectivity index (χ1v) is 10.9. The lowest BCUT2D eigenvalue weighted by Crippen LogP contribution is -2.48. The van der Waals surface area contributed by atoms with Gasteiger partial charge in [-0.05, 0) is 26.2 Å².